The quantitative estimate of drug-likeness (QED) is 0.715. The van der Waals surface area contributed by atoms with Gasteiger partial charge in [-0.15, -0.1) is 0 Å². The van der Waals surface area contributed by atoms with Crippen LogP contribution in [0.1, 0.15) is 32.3 Å². The fraction of sp³-hybridized carbons (Fsp3) is 0.286. The van der Waals surface area contributed by atoms with Gasteiger partial charge in [0.1, 0.15) is 5.82 Å². The Bertz CT molecular complexity index is 365. The van der Waals surface area contributed by atoms with E-state index in [1.54, 1.807) is 18.3 Å². The van der Waals surface area contributed by atoms with Crippen LogP contribution in [0.2, 0.25) is 0 Å². The fourth-order valence-corrected chi connectivity index (χ4v) is 1.12. The first-order valence-corrected chi connectivity index (χ1v) is 5.59. The van der Waals surface area contributed by atoms with E-state index in [0.29, 0.717) is 0 Å². The number of aromatic nitrogens is 2. The van der Waals surface area contributed by atoms with Gasteiger partial charge in [0.05, 0.1) is 5.69 Å². The van der Waals surface area contributed by atoms with E-state index in [4.69, 9.17) is 0 Å². The maximum absolute atomic E-state index is 4.38. The number of hydrogen-bond donors (Lipinski definition) is 0. The molecule has 16 heavy (non-hydrogen) atoms. The molecule has 0 saturated carbocycles. The smallest absolute Gasteiger partial charge is 0.128 e. The van der Waals surface area contributed by atoms with E-state index in [1.807, 2.05) is 32.9 Å². The molecule has 0 bridgehead atoms. The number of rotatable bonds is 4. The molecule has 0 aliphatic carbocycles. The number of aryl methyl sites for hydroxylation is 1. The third-order valence-electron chi connectivity index (χ3n) is 1.83. The minimum absolute atomic E-state index is 0.840. The van der Waals surface area contributed by atoms with Crippen molar-refractivity contribution in [1.82, 2.24) is 9.97 Å². The van der Waals surface area contributed by atoms with Gasteiger partial charge in [-0.05, 0) is 11.6 Å². The topological polar surface area (TPSA) is 25.8 Å². The zero-order valence-corrected chi connectivity index (χ0v) is 10.4. The molecule has 2 heteroatoms. The van der Waals surface area contributed by atoms with E-state index in [0.717, 1.165) is 23.5 Å². The molecular formula is C14H20N2. The third-order valence-corrected chi connectivity index (χ3v) is 1.83. The average Bonchev–Trinajstić information content (AvgIpc) is 2.38. The van der Waals surface area contributed by atoms with E-state index >= 15 is 0 Å². The third kappa shape index (κ3) is 4.22. The summed E-state index contributed by atoms with van der Waals surface area (Å²) in [6, 6.07) is 1.87. The average molecular weight is 216 g/mol. The highest BCUT2D eigenvalue weighted by Crippen LogP contribution is 2.12. The van der Waals surface area contributed by atoms with Gasteiger partial charge in [0, 0.05) is 12.6 Å². The van der Waals surface area contributed by atoms with Crippen LogP contribution >= 0.6 is 0 Å². The summed E-state index contributed by atoms with van der Waals surface area (Å²) in [7, 11) is 0. The molecule has 0 N–H and O–H groups in total. The standard InChI is InChI=1S/C12H14N2.C2H6/c1-4-7-10(5-2)11-8-9-13-12(6-3)14-11;1-2/h4-5,7-9H,1-2,6H2,3H3;1-2H3/b10-7+;. The van der Waals surface area contributed by atoms with Gasteiger partial charge >= 0.3 is 0 Å². The molecule has 0 atom stereocenters. The molecule has 0 saturated heterocycles. The van der Waals surface area contributed by atoms with Crippen molar-refractivity contribution >= 4 is 5.57 Å². The monoisotopic (exact) mass is 216 g/mol. The fourth-order valence-electron chi connectivity index (χ4n) is 1.12. The Labute approximate surface area is 98.5 Å². The lowest BCUT2D eigenvalue weighted by atomic mass is 10.1. The molecule has 0 amide bonds. The van der Waals surface area contributed by atoms with Crippen LogP contribution in [0.4, 0.5) is 0 Å². The molecule has 0 unspecified atom stereocenters. The van der Waals surface area contributed by atoms with E-state index < -0.39 is 0 Å². The summed E-state index contributed by atoms with van der Waals surface area (Å²) in [5, 5.41) is 0. The summed E-state index contributed by atoms with van der Waals surface area (Å²) < 4.78 is 0. The maximum Gasteiger partial charge on any atom is 0.128 e. The van der Waals surface area contributed by atoms with Crippen LogP contribution in [0.5, 0.6) is 0 Å². The molecule has 2 nitrogen and oxygen atoms in total. The van der Waals surface area contributed by atoms with Gasteiger partial charge in [0.25, 0.3) is 0 Å². The number of hydrogen-bond acceptors (Lipinski definition) is 2. The van der Waals surface area contributed by atoms with E-state index in [2.05, 4.69) is 23.1 Å². The normalized spacial score (nSPS) is 10.1. The van der Waals surface area contributed by atoms with Crippen LogP contribution in [0.15, 0.2) is 43.6 Å². The number of nitrogens with zero attached hydrogens (tertiary/aromatic N) is 2. The predicted octanol–water partition coefficient (Wildman–Crippen LogP) is 3.82. The lowest BCUT2D eigenvalue weighted by molar-refractivity contribution is 0.931. The molecule has 1 aromatic rings. The van der Waals surface area contributed by atoms with Crippen molar-refractivity contribution < 1.29 is 0 Å². The molecule has 0 spiro atoms. The minimum Gasteiger partial charge on any atom is -0.241 e. The van der Waals surface area contributed by atoms with Crippen molar-refractivity contribution in [2.75, 3.05) is 0 Å². The Kier molecular flexibility index (Phi) is 7.68. The van der Waals surface area contributed by atoms with Gasteiger partial charge in [-0.1, -0.05) is 52.2 Å². The SMILES string of the molecule is C=C/C=C(\C=C)c1ccnc(CC)n1.CC. The van der Waals surface area contributed by atoms with Gasteiger partial charge < -0.3 is 0 Å². The first-order valence-electron chi connectivity index (χ1n) is 5.59. The summed E-state index contributed by atoms with van der Waals surface area (Å²) in [5.41, 5.74) is 1.86. The second-order valence-electron chi connectivity index (χ2n) is 2.77. The van der Waals surface area contributed by atoms with Crippen LogP contribution < -0.4 is 0 Å². The second kappa shape index (κ2) is 8.60. The zero-order valence-electron chi connectivity index (χ0n) is 10.4. The van der Waals surface area contributed by atoms with Crippen LogP contribution in [0.25, 0.3) is 5.57 Å². The Morgan fingerprint density at radius 2 is 2.06 bits per heavy atom. The molecule has 1 heterocycles. The molecule has 0 aliphatic heterocycles. The van der Waals surface area contributed by atoms with Crippen molar-refractivity contribution in [3.63, 3.8) is 0 Å². The van der Waals surface area contributed by atoms with Crippen LogP contribution in [-0.2, 0) is 6.42 Å². The zero-order chi connectivity index (χ0) is 12.4. The summed E-state index contributed by atoms with van der Waals surface area (Å²) in [6.07, 6.45) is 7.98. The largest absolute Gasteiger partial charge is 0.241 e. The second-order valence-corrected chi connectivity index (χ2v) is 2.77. The van der Waals surface area contributed by atoms with Crippen LogP contribution in [-0.4, -0.2) is 9.97 Å². The molecule has 0 aromatic carbocycles. The first kappa shape index (κ1) is 14.3. The van der Waals surface area contributed by atoms with E-state index in [1.165, 1.54) is 0 Å². The highest BCUT2D eigenvalue weighted by atomic mass is 14.9. The number of allylic oxidation sites excluding steroid dienone is 4. The summed E-state index contributed by atoms with van der Waals surface area (Å²) in [5.74, 6) is 0.847. The van der Waals surface area contributed by atoms with Gasteiger partial charge in [0.2, 0.25) is 0 Å². The first-order chi connectivity index (χ1) is 7.81. The molecule has 0 fully saturated rings. The van der Waals surface area contributed by atoms with E-state index in [-0.39, 0.29) is 0 Å². The molecule has 1 aromatic heterocycles. The molecule has 0 radical (unpaired) electrons. The lowest BCUT2D eigenvalue weighted by Gasteiger charge is -2.01. The molecular weight excluding hydrogens is 196 g/mol. The Balaban J connectivity index is 0.00000106. The summed E-state index contributed by atoms with van der Waals surface area (Å²) >= 11 is 0. The Morgan fingerprint density at radius 3 is 2.56 bits per heavy atom. The highest BCUT2D eigenvalue weighted by Gasteiger charge is 1.99. The van der Waals surface area contributed by atoms with Crippen LogP contribution in [0, 0.1) is 0 Å². The van der Waals surface area contributed by atoms with Crippen molar-refractivity contribution in [3.05, 3.63) is 55.2 Å². The van der Waals surface area contributed by atoms with Crippen molar-refractivity contribution in [1.29, 1.82) is 0 Å². The van der Waals surface area contributed by atoms with Gasteiger partial charge in [-0.2, -0.15) is 0 Å². The van der Waals surface area contributed by atoms with Crippen LogP contribution in [0.3, 0.4) is 0 Å². The predicted molar refractivity (Wildman–Crippen MR) is 71.1 cm³/mol. The van der Waals surface area contributed by atoms with Gasteiger partial charge in [-0.3, -0.25) is 0 Å². The highest BCUT2D eigenvalue weighted by molar-refractivity contribution is 5.72. The van der Waals surface area contributed by atoms with Crippen molar-refractivity contribution in [2.45, 2.75) is 27.2 Å². The van der Waals surface area contributed by atoms with Gasteiger partial charge in [-0.25, -0.2) is 9.97 Å². The lowest BCUT2D eigenvalue weighted by Crippen LogP contribution is -1.95. The molecule has 0 aliphatic rings. The Morgan fingerprint density at radius 1 is 1.38 bits per heavy atom. The van der Waals surface area contributed by atoms with Gasteiger partial charge in [0.15, 0.2) is 0 Å². The summed E-state index contributed by atoms with van der Waals surface area (Å²) in [6.45, 7) is 13.4. The maximum atomic E-state index is 4.38. The van der Waals surface area contributed by atoms with E-state index in [9.17, 15) is 0 Å². The molecule has 1 rings (SSSR count). The summed E-state index contributed by atoms with van der Waals surface area (Å²) in [4.78, 5) is 8.52. The Hall–Kier alpha value is -1.70. The van der Waals surface area contributed by atoms with Crippen molar-refractivity contribution in [2.24, 2.45) is 0 Å². The van der Waals surface area contributed by atoms with Crippen molar-refractivity contribution in [3.8, 4) is 0 Å². The minimum atomic E-state index is 0.840. The molecule has 86 valence electrons.